The first-order valence-electron chi connectivity index (χ1n) is 5.42. The summed E-state index contributed by atoms with van der Waals surface area (Å²) in [5.74, 6) is 0.392. The van der Waals surface area contributed by atoms with Gasteiger partial charge in [0, 0.05) is 24.0 Å². The zero-order chi connectivity index (χ0) is 11.5. The lowest BCUT2D eigenvalue weighted by Crippen LogP contribution is -2.02. The van der Waals surface area contributed by atoms with Crippen molar-refractivity contribution >= 4 is 0 Å². The molecule has 0 spiro atoms. The molecule has 0 aliphatic rings. The van der Waals surface area contributed by atoms with Gasteiger partial charge in [0.05, 0.1) is 5.69 Å². The Morgan fingerprint density at radius 2 is 2.19 bits per heavy atom. The van der Waals surface area contributed by atoms with E-state index in [-0.39, 0.29) is 0 Å². The Bertz CT molecular complexity index is 459. The first-order chi connectivity index (χ1) is 7.74. The highest BCUT2D eigenvalue weighted by Crippen LogP contribution is 2.25. The number of nitrogens with one attached hydrogen (secondary N) is 1. The first kappa shape index (κ1) is 10.8. The lowest BCUT2D eigenvalue weighted by molar-refractivity contribution is 0.794. The highest BCUT2D eigenvalue weighted by atomic mass is 15.1. The number of nitrogens with zero attached hydrogens (tertiary/aromatic N) is 2. The number of aromatic nitrogens is 3. The van der Waals surface area contributed by atoms with E-state index in [1.54, 1.807) is 6.20 Å². The van der Waals surface area contributed by atoms with E-state index in [1.165, 1.54) is 0 Å². The average molecular weight is 216 g/mol. The average Bonchev–Trinajstić information content (AvgIpc) is 2.73. The molecule has 0 aliphatic carbocycles. The smallest absolute Gasteiger partial charge is 0.115 e. The van der Waals surface area contributed by atoms with Crippen molar-refractivity contribution in [2.24, 2.45) is 5.73 Å². The van der Waals surface area contributed by atoms with Crippen molar-refractivity contribution < 1.29 is 0 Å². The zero-order valence-corrected chi connectivity index (χ0v) is 9.57. The van der Waals surface area contributed by atoms with Crippen LogP contribution in [0.5, 0.6) is 0 Å². The maximum absolute atomic E-state index is 5.78. The number of rotatable bonds is 3. The van der Waals surface area contributed by atoms with Crippen LogP contribution in [0.3, 0.4) is 0 Å². The summed E-state index contributed by atoms with van der Waals surface area (Å²) in [6.45, 7) is 4.72. The number of hydrogen-bond donors (Lipinski definition) is 2. The molecular formula is C12H16N4. The van der Waals surface area contributed by atoms with Crippen LogP contribution < -0.4 is 5.73 Å². The quantitative estimate of drug-likeness (QED) is 0.825. The van der Waals surface area contributed by atoms with Crippen molar-refractivity contribution in [1.29, 1.82) is 0 Å². The molecule has 4 heteroatoms. The summed E-state index contributed by atoms with van der Waals surface area (Å²) in [5.41, 5.74) is 9.68. The van der Waals surface area contributed by atoms with Crippen LogP contribution in [-0.2, 0) is 6.54 Å². The SMILES string of the molecule is CC(C)c1[nH]nc(-c2ccccn2)c1CN. The van der Waals surface area contributed by atoms with Gasteiger partial charge in [0.2, 0.25) is 0 Å². The number of nitrogens with two attached hydrogens (primary N) is 1. The third kappa shape index (κ3) is 1.84. The third-order valence-electron chi connectivity index (χ3n) is 2.59. The normalized spacial score (nSPS) is 11.0. The van der Waals surface area contributed by atoms with Gasteiger partial charge in [0.15, 0.2) is 0 Å². The molecule has 2 heterocycles. The van der Waals surface area contributed by atoms with Gasteiger partial charge >= 0.3 is 0 Å². The summed E-state index contributed by atoms with van der Waals surface area (Å²) in [7, 11) is 0. The van der Waals surface area contributed by atoms with Crippen LogP contribution in [0.25, 0.3) is 11.4 Å². The molecule has 2 aromatic heterocycles. The second-order valence-electron chi connectivity index (χ2n) is 4.04. The summed E-state index contributed by atoms with van der Waals surface area (Å²) >= 11 is 0. The minimum atomic E-state index is 0.392. The van der Waals surface area contributed by atoms with Crippen molar-refractivity contribution in [3.05, 3.63) is 35.7 Å². The standard InChI is InChI=1S/C12H16N4/c1-8(2)11-9(7-13)12(16-15-11)10-5-3-4-6-14-10/h3-6,8H,7,13H2,1-2H3,(H,15,16). The van der Waals surface area contributed by atoms with Gasteiger partial charge in [-0.3, -0.25) is 10.1 Å². The Hall–Kier alpha value is -1.68. The third-order valence-corrected chi connectivity index (χ3v) is 2.59. The molecule has 0 amide bonds. The van der Waals surface area contributed by atoms with E-state index >= 15 is 0 Å². The Labute approximate surface area is 94.9 Å². The van der Waals surface area contributed by atoms with Crippen molar-refractivity contribution in [3.8, 4) is 11.4 Å². The van der Waals surface area contributed by atoms with E-state index < -0.39 is 0 Å². The molecule has 0 bridgehead atoms. The molecule has 3 N–H and O–H groups in total. The Kier molecular flexibility index (Phi) is 3.01. The maximum atomic E-state index is 5.78. The van der Waals surface area contributed by atoms with Crippen LogP contribution in [0.15, 0.2) is 24.4 Å². The fourth-order valence-corrected chi connectivity index (χ4v) is 1.78. The van der Waals surface area contributed by atoms with E-state index in [0.717, 1.165) is 22.6 Å². The summed E-state index contributed by atoms with van der Waals surface area (Å²) < 4.78 is 0. The summed E-state index contributed by atoms with van der Waals surface area (Å²) in [5, 5.41) is 7.36. The fraction of sp³-hybridized carbons (Fsp3) is 0.333. The highest BCUT2D eigenvalue weighted by molar-refractivity contribution is 5.60. The zero-order valence-electron chi connectivity index (χ0n) is 9.57. The topological polar surface area (TPSA) is 67.6 Å². The van der Waals surface area contributed by atoms with Gasteiger partial charge < -0.3 is 5.73 Å². The highest BCUT2D eigenvalue weighted by Gasteiger charge is 2.15. The Morgan fingerprint density at radius 3 is 2.75 bits per heavy atom. The lowest BCUT2D eigenvalue weighted by atomic mass is 10.0. The molecule has 0 atom stereocenters. The monoisotopic (exact) mass is 216 g/mol. The second-order valence-corrected chi connectivity index (χ2v) is 4.04. The molecule has 0 fully saturated rings. The van der Waals surface area contributed by atoms with Crippen molar-refractivity contribution in [3.63, 3.8) is 0 Å². The van der Waals surface area contributed by atoms with Crippen LogP contribution in [0, 0.1) is 0 Å². The predicted molar refractivity (Wildman–Crippen MR) is 63.8 cm³/mol. The molecular weight excluding hydrogens is 200 g/mol. The number of pyridine rings is 1. The van der Waals surface area contributed by atoms with Gasteiger partial charge in [-0.25, -0.2) is 0 Å². The van der Waals surface area contributed by atoms with Crippen molar-refractivity contribution in [2.45, 2.75) is 26.3 Å². The van der Waals surface area contributed by atoms with Crippen molar-refractivity contribution in [1.82, 2.24) is 15.2 Å². The molecule has 2 rings (SSSR count). The van der Waals surface area contributed by atoms with Crippen molar-refractivity contribution in [2.75, 3.05) is 0 Å². The Morgan fingerprint density at radius 1 is 1.38 bits per heavy atom. The van der Waals surface area contributed by atoms with Crippen LogP contribution in [0.2, 0.25) is 0 Å². The fourth-order valence-electron chi connectivity index (χ4n) is 1.78. The van der Waals surface area contributed by atoms with Crippen LogP contribution in [0.1, 0.15) is 31.0 Å². The van der Waals surface area contributed by atoms with E-state index in [2.05, 4.69) is 29.0 Å². The van der Waals surface area contributed by atoms with E-state index in [1.807, 2.05) is 18.2 Å². The van der Waals surface area contributed by atoms with Gasteiger partial charge in [0.1, 0.15) is 5.69 Å². The van der Waals surface area contributed by atoms with Crippen LogP contribution in [0.4, 0.5) is 0 Å². The van der Waals surface area contributed by atoms with E-state index in [0.29, 0.717) is 12.5 Å². The largest absolute Gasteiger partial charge is 0.326 e. The van der Waals surface area contributed by atoms with Gasteiger partial charge in [-0.2, -0.15) is 5.10 Å². The molecule has 84 valence electrons. The summed E-state index contributed by atoms with van der Waals surface area (Å²) in [6, 6.07) is 5.79. The first-order valence-corrected chi connectivity index (χ1v) is 5.42. The molecule has 0 saturated carbocycles. The lowest BCUT2D eigenvalue weighted by Gasteiger charge is -2.05. The van der Waals surface area contributed by atoms with E-state index in [4.69, 9.17) is 5.73 Å². The molecule has 16 heavy (non-hydrogen) atoms. The summed E-state index contributed by atoms with van der Waals surface area (Å²) in [6.07, 6.45) is 1.76. The van der Waals surface area contributed by atoms with Gasteiger partial charge in [-0.15, -0.1) is 0 Å². The molecule has 0 aliphatic heterocycles. The summed E-state index contributed by atoms with van der Waals surface area (Å²) in [4.78, 5) is 4.29. The minimum absolute atomic E-state index is 0.392. The van der Waals surface area contributed by atoms with Gasteiger partial charge in [0.25, 0.3) is 0 Å². The molecule has 0 unspecified atom stereocenters. The molecule has 2 aromatic rings. The second kappa shape index (κ2) is 4.45. The van der Waals surface area contributed by atoms with Gasteiger partial charge in [-0.05, 0) is 18.1 Å². The molecule has 4 nitrogen and oxygen atoms in total. The van der Waals surface area contributed by atoms with E-state index in [9.17, 15) is 0 Å². The van der Waals surface area contributed by atoms with Crippen LogP contribution in [-0.4, -0.2) is 15.2 Å². The Balaban J connectivity index is 2.50. The van der Waals surface area contributed by atoms with Gasteiger partial charge in [-0.1, -0.05) is 19.9 Å². The van der Waals surface area contributed by atoms with Crippen LogP contribution >= 0.6 is 0 Å². The molecule has 0 aromatic carbocycles. The molecule has 0 radical (unpaired) electrons. The maximum Gasteiger partial charge on any atom is 0.115 e. The number of hydrogen-bond acceptors (Lipinski definition) is 3. The number of aromatic amines is 1. The predicted octanol–water partition coefficient (Wildman–Crippen LogP) is 2.05. The molecule has 0 saturated heterocycles. The number of H-pyrrole nitrogens is 1. The minimum Gasteiger partial charge on any atom is -0.326 e.